The molecule has 1 aromatic heterocycles. The first-order valence-electron chi connectivity index (χ1n) is 14.7. The molecule has 6 N–H and O–H groups in total. The van der Waals surface area contributed by atoms with Crippen molar-refractivity contribution in [3.63, 3.8) is 0 Å². The monoisotopic (exact) mass is 637 g/mol. The van der Waals surface area contributed by atoms with Crippen molar-refractivity contribution in [1.82, 2.24) is 14.2 Å². The number of aliphatic hydroxyl groups is 2. The van der Waals surface area contributed by atoms with Crippen molar-refractivity contribution in [3.05, 3.63) is 52.7 Å². The van der Waals surface area contributed by atoms with Crippen LogP contribution in [0.15, 0.2) is 41.3 Å². The average Bonchev–Trinajstić information content (AvgIpc) is 3.31. The van der Waals surface area contributed by atoms with E-state index in [2.05, 4.69) is 28.6 Å². The molecule has 1 saturated carbocycles. The number of methoxy groups -OCH3 is 1. The molecule has 1 fully saturated rings. The standard InChI is InChI=1S/C30H39F3N4O3S.C2H7N/c1-40-29-20-26(41-36(15-17-38)16-18-39)12-13-27(29)35-14-6-10-25-19-24(21-34)28(37(25)22-30(31,32)33)11-5-9-23-7-3-2-4-8-23;1-3-2/h5,9,11-13,19-21,23,35,38-39H,2-4,7-8,14-18,22,34H2,1H3;3H,1-2H3/b9-5-,24-21+,28-11+;. The number of halogens is 3. The van der Waals surface area contributed by atoms with E-state index in [1.807, 2.05) is 42.7 Å². The van der Waals surface area contributed by atoms with Crippen LogP contribution in [-0.2, 0) is 6.54 Å². The number of alkyl halides is 3. The number of rotatable bonds is 12. The molecule has 1 aliphatic carbocycles. The molecule has 0 amide bonds. The van der Waals surface area contributed by atoms with E-state index in [-0.39, 0.29) is 25.5 Å². The minimum absolute atomic E-state index is 0.0315. The Morgan fingerprint density at radius 3 is 2.41 bits per heavy atom. The van der Waals surface area contributed by atoms with Crippen molar-refractivity contribution in [1.29, 1.82) is 0 Å². The van der Waals surface area contributed by atoms with Gasteiger partial charge in [-0.25, -0.2) is 4.31 Å². The summed E-state index contributed by atoms with van der Waals surface area (Å²) in [5.74, 6) is 6.81. The lowest BCUT2D eigenvalue weighted by molar-refractivity contribution is -0.141. The number of ether oxygens (including phenoxy) is 1. The molecule has 0 unspecified atom stereocenters. The molecule has 0 saturated heterocycles. The Balaban J connectivity index is 0.00000216. The Hall–Kier alpha value is -3.08. The van der Waals surface area contributed by atoms with Gasteiger partial charge in [0.2, 0.25) is 0 Å². The summed E-state index contributed by atoms with van der Waals surface area (Å²) >= 11 is 1.39. The first-order chi connectivity index (χ1) is 21.2. The van der Waals surface area contributed by atoms with Crippen LogP contribution in [0.25, 0.3) is 12.3 Å². The highest BCUT2D eigenvalue weighted by atomic mass is 32.2. The number of aromatic nitrogens is 1. The van der Waals surface area contributed by atoms with E-state index in [1.54, 1.807) is 12.1 Å². The average molecular weight is 638 g/mol. The third kappa shape index (κ3) is 12.9. The molecule has 0 aliphatic heterocycles. The van der Waals surface area contributed by atoms with Gasteiger partial charge in [0.25, 0.3) is 0 Å². The van der Waals surface area contributed by atoms with Gasteiger partial charge >= 0.3 is 6.18 Å². The fourth-order valence-electron chi connectivity index (χ4n) is 4.71. The molecule has 0 radical (unpaired) electrons. The predicted octanol–water partition coefficient (Wildman–Crippen LogP) is 3.27. The zero-order valence-electron chi connectivity index (χ0n) is 25.8. The van der Waals surface area contributed by atoms with Crippen LogP contribution >= 0.6 is 11.9 Å². The van der Waals surface area contributed by atoms with Gasteiger partial charge in [0.15, 0.2) is 0 Å². The number of hydrogen-bond donors (Lipinski definition) is 5. The molecule has 0 spiro atoms. The van der Waals surface area contributed by atoms with Gasteiger partial charge in [-0.2, -0.15) is 13.2 Å². The zero-order valence-corrected chi connectivity index (χ0v) is 26.6. The quantitative estimate of drug-likeness (QED) is 0.178. The van der Waals surface area contributed by atoms with Crippen LogP contribution in [-0.4, -0.2) is 79.3 Å². The highest BCUT2D eigenvalue weighted by Gasteiger charge is 2.29. The number of nitrogens with one attached hydrogen (secondary N) is 2. The number of nitrogens with two attached hydrogens (primary N) is 1. The molecule has 244 valence electrons. The van der Waals surface area contributed by atoms with Gasteiger partial charge in [-0.05, 0) is 81.1 Å². The number of allylic oxidation sites excluding steroid dienone is 2. The molecule has 2 aromatic rings. The van der Waals surface area contributed by atoms with Crippen LogP contribution in [0.2, 0.25) is 0 Å². The Bertz CT molecular complexity index is 1340. The summed E-state index contributed by atoms with van der Waals surface area (Å²) < 4.78 is 49.1. The summed E-state index contributed by atoms with van der Waals surface area (Å²) in [7, 11) is 5.29. The summed E-state index contributed by atoms with van der Waals surface area (Å²) in [5, 5.41) is 25.2. The van der Waals surface area contributed by atoms with Crippen molar-refractivity contribution >= 4 is 29.9 Å². The van der Waals surface area contributed by atoms with Crippen LogP contribution < -0.4 is 31.7 Å². The Morgan fingerprint density at radius 1 is 1.14 bits per heavy atom. The minimum Gasteiger partial charge on any atom is -0.495 e. The molecular formula is C32H46F3N5O3S. The maximum absolute atomic E-state index is 13.5. The van der Waals surface area contributed by atoms with Crippen molar-refractivity contribution in [2.24, 2.45) is 11.7 Å². The van der Waals surface area contributed by atoms with E-state index in [1.165, 1.54) is 44.5 Å². The van der Waals surface area contributed by atoms with E-state index < -0.39 is 12.7 Å². The highest BCUT2D eigenvalue weighted by Crippen LogP contribution is 2.31. The zero-order chi connectivity index (χ0) is 32.4. The van der Waals surface area contributed by atoms with Gasteiger partial charge in [0.05, 0.1) is 43.6 Å². The van der Waals surface area contributed by atoms with Crippen LogP contribution in [0.5, 0.6) is 5.75 Å². The maximum Gasteiger partial charge on any atom is 0.406 e. The number of benzene rings is 1. The van der Waals surface area contributed by atoms with Crippen molar-refractivity contribution in [2.75, 3.05) is 59.4 Å². The summed E-state index contributed by atoms with van der Waals surface area (Å²) in [5.41, 5.74) is 6.68. The van der Waals surface area contributed by atoms with E-state index in [9.17, 15) is 23.4 Å². The van der Waals surface area contributed by atoms with Gasteiger partial charge in [-0.3, -0.25) is 0 Å². The summed E-state index contributed by atoms with van der Waals surface area (Å²) in [4.78, 5) is 0.859. The topological polar surface area (TPSA) is 108 Å². The molecule has 12 heteroatoms. The maximum atomic E-state index is 13.5. The molecular weight excluding hydrogens is 591 g/mol. The molecule has 1 heterocycles. The largest absolute Gasteiger partial charge is 0.495 e. The highest BCUT2D eigenvalue weighted by molar-refractivity contribution is 7.97. The van der Waals surface area contributed by atoms with E-state index in [0.29, 0.717) is 41.0 Å². The van der Waals surface area contributed by atoms with E-state index >= 15 is 0 Å². The van der Waals surface area contributed by atoms with Gasteiger partial charge in [0, 0.05) is 29.4 Å². The lowest BCUT2D eigenvalue weighted by Crippen LogP contribution is -2.34. The predicted molar refractivity (Wildman–Crippen MR) is 174 cm³/mol. The normalized spacial score (nSPS) is 14.8. The van der Waals surface area contributed by atoms with Gasteiger partial charge < -0.3 is 35.9 Å². The van der Waals surface area contributed by atoms with E-state index in [4.69, 9.17) is 10.5 Å². The Morgan fingerprint density at radius 2 is 1.82 bits per heavy atom. The van der Waals surface area contributed by atoms with Crippen LogP contribution in [0.1, 0.15) is 37.8 Å². The molecule has 44 heavy (non-hydrogen) atoms. The summed E-state index contributed by atoms with van der Waals surface area (Å²) in [6.45, 7) is -0.258. The fraction of sp³-hybridized carbons (Fsp3) is 0.500. The van der Waals surface area contributed by atoms with E-state index in [0.717, 1.165) is 22.3 Å². The molecule has 8 nitrogen and oxygen atoms in total. The number of nitrogens with zero attached hydrogens (tertiary/aromatic N) is 2. The fourth-order valence-corrected chi connectivity index (χ4v) is 5.64. The van der Waals surface area contributed by atoms with Gasteiger partial charge in [-0.1, -0.05) is 37.3 Å². The van der Waals surface area contributed by atoms with Crippen molar-refractivity contribution in [3.8, 4) is 17.6 Å². The minimum atomic E-state index is -4.42. The first kappa shape index (κ1) is 37.1. The van der Waals surface area contributed by atoms with Gasteiger partial charge in [-0.15, -0.1) is 0 Å². The second kappa shape index (κ2) is 20.0. The molecule has 0 bridgehead atoms. The third-order valence-corrected chi connectivity index (χ3v) is 7.75. The molecule has 1 aromatic carbocycles. The number of anilines is 1. The lowest BCUT2D eigenvalue weighted by atomic mass is 9.89. The molecule has 0 atom stereocenters. The number of aliphatic hydroxyl groups excluding tert-OH is 2. The molecule has 3 rings (SSSR count). The van der Waals surface area contributed by atoms with Crippen molar-refractivity contribution < 1.29 is 28.1 Å². The van der Waals surface area contributed by atoms with Crippen LogP contribution in [0, 0.1) is 17.8 Å². The number of hydrogen-bond acceptors (Lipinski definition) is 8. The lowest BCUT2D eigenvalue weighted by Gasteiger charge is -2.19. The Labute approximate surface area is 263 Å². The summed E-state index contributed by atoms with van der Waals surface area (Å²) in [6, 6.07) is 7.09. The van der Waals surface area contributed by atoms with Crippen LogP contribution in [0.4, 0.5) is 18.9 Å². The van der Waals surface area contributed by atoms with Crippen LogP contribution in [0.3, 0.4) is 0 Å². The Kier molecular flexibility index (Phi) is 16.9. The SMILES string of the molecule is CNC.COc1cc(SN(CCO)CCO)ccc1NCC#Cc1cc(=C\N)/c(=C\C=C/C2CCCCC2)n1CC(F)(F)F. The second-order valence-corrected chi connectivity index (χ2v) is 11.3. The third-order valence-electron chi connectivity index (χ3n) is 6.66. The van der Waals surface area contributed by atoms with Gasteiger partial charge in [0.1, 0.15) is 12.3 Å². The summed E-state index contributed by atoms with van der Waals surface area (Å²) in [6.07, 6.45) is 8.29. The first-order valence-corrected chi connectivity index (χ1v) is 15.5. The van der Waals surface area contributed by atoms with Crippen molar-refractivity contribution in [2.45, 2.75) is 49.7 Å². The second-order valence-electron chi connectivity index (χ2n) is 10.2. The molecule has 1 aliphatic rings. The smallest absolute Gasteiger partial charge is 0.406 e.